The van der Waals surface area contributed by atoms with Gasteiger partial charge >= 0.3 is 11.9 Å². The van der Waals surface area contributed by atoms with Crippen molar-refractivity contribution in [2.45, 2.75) is 90.6 Å². The summed E-state index contributed by atoms with van der Waals surface area (Å²) in [5, 5.41) is 0. The summed E-state index contributed by atoms with van der Waals surface area (Å²) in [5.74, 6) is -0.608. The largest absolute Gasteiger partial charge is 0.458 e. The molecule has 2 aliphatic heterocycles. The molecule has 3 rings (SSSR count). The first-order valence-corrected chi connectivity index (χ1v) is 9.79. The second-order valence-electron chi connectivity index (χ2n) is 8.24. The minimum absolute atomic E-state index is 0.0560. The maximum atomic E-state index is 12.1. The van der Waals surface area contributed by atoms with E-state index in [0.29, 0.717) is 12.0 Å². The molecule has 0 radical (unpaired) electrons. The molecule has 5 nitrogen and oxygen atoms in total. The topological polar surface area (TPSA) is 65.1 Å². The summed E-state index contributed by atoms with van der Waals surface area (Å²) >= 11 is 0. The van der Waals surface area contributed by atoms with E-state index in [1.807, 2.05) is 13.0 Å². The lowest BCUT2D eigenvalue weighted by Crippen LogP contribution is -2.22. The van der Waals surface area contributed by atoms with Gasteiger partial charge in [0.1, 0.15) is 12.2 Å². The van der Waals surface area contributed by atoms with Crippen LogP contribution in [0.15, 0.2) is 34.4 Å². The quantitative estimate of drug-likeness (QED) is 0.391. The molecule has 0 aromatic carbocycles. The number of carbonyl (C=O) groups is 2. The van der Waals surface area contributed by atoms with Crippen LogP contribution in [0.25, 0.3) is 0 Å². The highest BCUT2D eigenvalue weighted by Gasteiger charge is 2.50. The maximum absolute atomic E-state index is 12.1. The first kappa shape index (κ1) is 19.9. The highest BCUT2D eigenvalue weighted by atomic mass is 16.6. The van der Waals surface area contributed by atoms with E-state index in [1.165, 1.54) is 12.5 Å². The normalized spacial score (nSPS) is 38.4. The number of fused-ring (bicyclic) bond motifs is 2. The molecule has 0 spiro atoms. The smallest absolute Gasteiger partial charge is 0.334 e. The third-order valence-corrected chi connectivity index (χ3v) is 5.97. The van der Waals surface area contributed by atoms with Crippen LogP contribution in [0.4, 0.5) is 0 Å². The van der Waals surface area contributed by atoms with Crippen molar-refractivity contribution >= 4 is 11.9 Å². The van der Waals surface area contributed by atoms with Crippen LogP contribution in [0.3, 0.4) is 0 Å². The Bertz CT molecular complexity index is 729. The van der Waals surface area contributed by atoms with Gasteiger partial charge in [-0.15, -0.1) is 0 Å². The van der Waals surface area contributed by atoms with Gasteiger partial charge in [0.15, 0.2) is 0 Å². The molecule has 0 amide bonds. The predicted molar refractivity (Wildman–Crippen MR) is 102 cm³/mol. The molecule has 148 valence electrons. The Hall–Kier alpha value is -1.88. The Balaban J connectivity index is 1.91. The monoisotopic (exact) mass is 374 g/mol. The zero-order valence-corrected chi connectivity index (χ0v) is 17.0. The molecular formula is C22H30O5. The van der Waals surface area contributed by atoms with E-state index in [4.69, 9.17) is 14.2 Å². The lowest BCUT2D eigenvalue weighted by molar-refractivity contribution is -0.145. The van der Waals surface area contributed by atoms with Gasteiger partial charge < -0.3 is 14.2 Å². The van der Waals surface area contributed by atoms with Gasteiger partial charge in [-0.25, -0.2) is 4.79 Å². The minimum Gasteiger partial charge on any atom is -0.458 e. The van der Waals surface area contributed by atoms with Crippen molar-refractivity contribution in [1.82, 2.24) is 0 Å². The molecule has 1 fully saturated rings. The highest BCUT2D eigenvalue weighted by molar-refractivity contribution is 5.92. The van der Waals surface area contributed by atoms with E-state index in [-0.39, 0.29) is 35.9 Å². The molecule has 0 N–H and O–H groups in total. The highest BCUT2D eigenvalue weighted by Crippen LogP contribution is 2.44. The van der Waals surface area contributed by atoms with Crippen LogP contribution in [-0.2, 0) is 23.8 Å². The van der Waals surface area contributed by atoms with Crippen molar-refractivity contribution < 1.29 is 23.8 Å². The van der Waals surface area contributed by atoms with Crippen LogP contribution in [0.5, 0.6) is 0 Å². The molecule has 27 heavy (non-hydrogen) atoms. The Morgan fingerprint density at radius 1 is 1.30 bits per heavy atom. The second kappa shape index (κ2) is 7.63. The van der Waals surface area contributed by atoms with E-state index in [0.717, 1.165) is 36.8 Å². The van der Waals surface area contributed by atoms with Gasteiger partial charge in [0, 0.05) is 18.9 Å². The summed E-state index contributed by atoms with van der Waals surface area (Å²) in [7, 11) is 0. The number of hydrogen-bond donors (Lipinski definition) is 0. The van der Waals surface area contributed by atoms with Crippen molar-refractivity contribution in [3.63, 3.8) is 0 Å². The van der Waals surface area contributed by atoms with Crippen LogP contribution < -0.4 is 0 Å². The Kier molecular flexibility index (Phi) is 5.61. The van der Waals surface area contributed by atoms with Gasteiger partial charge in [-0.2, -0.15) is 0 Å². The van der Waals surface area contributed by atoms with Crippen LogP contribution in [0.2, 0.25) is 0 Å². The van der Waals surface area contributed by atoms with Crippen molar-refractivity contribution in [2.75, 3.05) is 0 Å². The van der Waals surface area contributed by atoms with Crippen molar-refractivity contribution in [2.24, 2.45) is 0 Å². The average Bonchev–Trinajstić information content (AvgIpc) is 3.16. The molecule has 3 aliphatic rings. The fourth-order valence-electron chi connectivity index (χ4n) is 4.01. The first-order valence-electron chi connectivity index (χ1n) is 9.79. The zero-order chi connectivity index (χ0) is 19.8. The molecule has 0 bridgehead atoms. The average molecular weight is 374 g/mol. The fraction of sp³-hybridized carbons (Fsp3) is 0.636. The molecule has 4 unspecified atom stereocenters. The third kappa shape index (κ3) is 4.52. The molecule has 0 aromatic rings. The van der Waals surface area contributed by atoms with Crippen molar-refractivity contribution in [3.8, 4) is 0 Å². The second-order valence-corrected chi connectivity index (χ2v) is 8.24. The zero-order valence-electron chi connectivity index (χ0n) is 17.0. The van der Waals surface area contributed by atoms with E-state index in [9.17, 15) is 9.59 Å². The standard InChI is InChI=1S/C22H30O5/c1-13-8-9-20-22(5,27-20)10-6-7-14(2)18(25-16(4)23)12-17-15(3)21(24)26-19(17)11-13/h7,11,18-20H,6,8-10,12H2,1-5H3/b13-11+,14-7+. The molecule has 2 heterocycles. The summed E-state index contributed by atoms with van der Waals surface area (Å²) < 4.78 is 17.1. The number of hydrogen-bond acceptors (Lipinski definition) is 5. The summed E-state index contributed by atoms with van der Waals surface area (Å²) in [4.78, 5) is 23.8. The molecule has 0 aromatic heterocycles. The number of esters is 2. The van der Waals surface area contributed by atoms with Crippen LogP contribution in [0.1, 0.15) is 66.7 Å². The van der Waals surface area contributed by atoms with Gasteiger partial charge in [-0.1, -0.05) is 11.6 Å². The van der Waals surface area contributed by atoms with Gasteiger partial charge in [0.2, 0.25) is 0 Å². The summed E-state index contributed by atoms with van der Waals surface area (Å²) in [5.41, 5.74) is 3.66. The van der Waals surface area contributed by atoms with Crippen molar-refractivity contribution in [1.29, 1.82) is 0 Å². The van der Waals surface area contributed by atoms with Gasteiger partial charge in [0.25, 0.3) is 0 Å². The fourth-order valence-corrected chi connectivity index (χ4v) is 4.01. The van der Waals surface area contributed by atoms with Crippen LogP contribution >= 0.6 is 0 Å². The lowest BCUT2D eigenvalue weighted by Gasteiger charge is -2.21. The SMILES string of the molecule is CC(=O)OC1CC2=C(C)C(=O)OC2/C=C(\C)CCC2OC2(C)CC/C=C/1C. The molecule has 4 atom stereocenters. The van der Waals surface area contributed by atoms with Gasteiger partial charge in [-0.05, 0) is 70.6 Å². The van der Waals surface area contributed by atoms with Crippen LogP contribution in [-0.4, -0.2) is 35.9 Å². The van der Waals surface area contributed by atoms with E-state index < -0.39 is 0 Å². The number of ether oxygens (including phenoxy) is 3. The van der Waals surface area contributed by atoms with Crippen LogP contribution in [0, 0.1) is 0 Å². The van der Waals surface area contributed by atoms with E-state index in [2.05, 4.69) is 19.9 Å². The first-order chi connectivity index (χ1) is 12.7. The Morgan fingerprint density at radius 3 is 2.74 bits per heavy atom. The van der Waals surface area contributed by atoms with E-state index in [1.54, 1.807) is 6.92 Å². The maximum Gasteiger partial charge on any atom is 0.334 e. The molecule has 1 aliphatic carbocycles. The number of allylic oxidation sites excluding steroid dienone is 2. The van der Waals surface area contributed by atoms with E-state index >= 15 is 0 Å². The summed E-state index contributed by atoms with van der Waals surface area (Å²) in [6, 6.07) is 0. The lowest BCUT2D eigenvalue weighted by atomic mass is 9.91. The number of epoxide rings is 1. The third-order valence-electron chi connectivity index (χ3n) is 5.97. The molecular weight excluding hydrogens is 344 g/mol. The minimum atomic E-state index is -0.384. The molecule has 5 heteroatoms. The van der Waals surface area contributed by atoms with Gasteiger partial charge in [0.05, 0.1) is 11.7 Å². The van der Waals surface area contributed by atoms with Gasteiger partial charge in [-0.3, -0.25) is 4.79 Å². The van der Waals surface area contributed by atoms with Crippen molar-refractivity contribution in [3.05, 3.63) is 34.4 Å². The molecule has 0 saturated carbocycles. The molecule has 1 saturated heterocycles. The Morgan fingerprint density at radius 2 is 2.04 bits per heavy atom. The number of carbonyl (C=O) groups excluding carboxylic acids is 2. The number of rotatable bonds is 1. The summed E-state index contributed by atoms with van der Waals surface area (Å²) in [6.07, 6.45) is 7.89. The Labute approximate surface area is 161 Å². The predicted octanol–water partition coefficient (Wildman–Crippen LogP) is 4.17. The summed E-state index contributed by atoms with van der Waals surface area (Å²) in [6.45, 7) is 9.42.